The second kappa shape index (κ2) is 7.06. The summed E-state index contributed by atoms with van der Waals surface area (Å²) in [5, 5.41) is 2.36. The Morgan fingerprint density at radius 3 is 2.70 bits per heavy atom. The van der Waals surface area contributed by atoms with Crippen LogP contribution < -0.4 is 5.32 Å². The molecule has 0 aliphatic rings. The summed E-state index contributed by atoms with van der Waals surface area (Å²) < 4.78 is 49.3. The van der Waals surface area contributed by atoms with Crippen molar-refractivity contribution in [2.75, 3.05) is 13.7 Å². The number of benzene rings is 1. The lowest BCUT2D eigenvalue weighted by atomic mass is 10.1. The van der Waals surface area contributed by atoms with E-state index in [1.54, 1.807) is 12.1 Å². The van der Waals surface area contributed by atoms with Crippen LogP contribution in [-0.4, -0.2) is 19.6 Å². The van der Waals surface area contributed by atoms with Gasteiger partial charge in [0.15, 0.2) is 0 Å². The second-order valence-electron chi connectivity index (χ2n) is 4.68. The molecule has 1 aromatic carbocycles. The van der Waals surface area contributed by atoms with Crippen molar-refractivity contribution in [1.82, 2.24) is 5.32 Å². The van der Waals surface area contributed by atoms with Gasteiger partial charge in [0.1, 0.15) is 11.8 Å². The highest BCUT2D eigenvalue weighted by atomic mass is 35.5. The maximum Gasteiger partial charge on any atom is 0.417 e. The van der Waals surface area contributed by atoms with Crippen LogP contribution in [0.4, 0.5) is 13.2 Å². The average Bonchev–Trinajstić information content (AvgIpc) is 2.99. The number of rotatable bonds is 5. The largest absolute Gasteiger partial charge is 0.467 e. The zero-order valence-electron chi connectivity index (χ0n) is 12.0. The number of nitrogens with one attached hydrogen (secondary N) is 1. The molecule has 1 aromatic heterocycles. The fraction of sp³-hybridized carbons (Fsp3) is 0.267. The van der Waals surface area contributed by atoms with Gasteiger partial charge in [-0.1, -0.05) is 11.6 Å². The maximum atomic E-state index is 13.1. The Kier molecular flexibility index (Phi) is 5.33. The maximum absolute atomic E-state index is 13.1. The lowest BCUT2D eigenvalue weighted by Crippen LogP contribution is -2.32. The Balaban J connectivity index is 2.29. The number of halogens is 4. The van der Waals surface area contributed by atoms with Crippen molar-refractivity contribution in [3.63, 3.8) is 0 Å². The first-order valence-electron chi connectivity index (χ1n) is 6.53. The molecule has 4 nitrogen and oxygen atoms in total. The first-order valence-corrected chi connectivity index (χ1v) is 6.90. The molecule has 23 heavy (non-hydrogen) atoms. The molecule has 0 fully saturated rings. The minimum absolute atomic E-state index is 0.0498. The van der Waals surface area contributed by atoms with E-state index in [1.807, 2.05) is 0 Å². The van der Waals surface area contributed by atoms with Gasteiger partial charge in [0, 0.05) is 12.1 Å². The van der Waals surface area contributed by atoms with Crippen LogP contribution in [-0.2, 0) is 10.9 Å². The van der Waals surface area contributed by atoms with Gasteiger partial charge in [0.25, 0.3) is 5.91 Å². The quantitative estimate of drug-likeness (QED) is 0.887. The average molecular weight is 348 g/mol. The molecule has 2 aromatic rings. The van der Waals surface area contributed by atoms with Crippen LogP contribution in [0.15, 0.2) is 41.0 Å². The van der Waals surface area contributed by atoms with Crippen molar-refractivity contribution >= 4 is 17.5 Å². The van der Waals surface area contributed by atoms with Gasteiger partial charge in [-0.15, -0.1) is 0 Å². The van der Waals surface area contributed by atoms with Crippen molar-refractivity contribution in [2.24, 2.45) is 0 Å². The van der Waals surface area contributed by atoms with E-state index in [-0.39, 0.29) is 11.6 Å². The molecule has 124 valence electrons. The van der Waals surface area contributed by atoms with E-state index >= 15 is 0 Å². The van der Waals surface area contributed by atoms with Crippen molar-refractivity contribution in [3.05, 3.63) is 58.5 Å². The SMILES string of the molecule is COC[C@H](NC(=O)c1ccc(Cl)cc1C(F)(F)F)c1ccco1. The molecule has 0 saturated heterocycles. The number of carbonyl (C=O) groups excluding carboxylic acids is 1. The number of furan rings is 1. The third-order valence-corrected chi connectivity index (χ3v) is 3.29. The second-order valence-corrected chi connectivity index (χ2v) is 5.12. The third-order valence-electron chi connectivity index (χ3n) is 3.06. The Morgan fingerprint density at radius 1 is 1.39 bits per heavy atom. The summed E-state index contributed by atoms with van der Waals surface area (Å²) >= 11 is 5.60. The van der Waals surface area contributed by atoms with Crippen LogP contribution in [0.2, 0.25) is 5.02 Å². The first kappa shape index (κ1) is 17.4. The highest BCUT2D eigenvalue weighted by Gasteiger charge is 2.36. The molecule has 0 spiro atoms. The molecule has 8 heteroatoms. The topological polar surface area (TPSA) is 51.5 Å². The minimum atomic E-state index is -4.70. The Labute approximate surface area is 135 Å². The molecule has 0 bridgehead atoms. The number of carbonyl (C=O) groups is 1. The van der Waals surface area contributed by atoms with Gasteiger partial charge in [0.2, 0.25) is 0 Å². The molecule has 0 radical (unpaired) electrons. The minimum Gasteiger partial charge on any atom is -0.467 e. The van der Waals surface area contributed by atoms with Crippen molar-refractivity contribution in [3.8, 4) is 0 Å². The number of hydrogen-bond acceptors (Lipinski definition) is 3. The number of hydrogen-bond donors (Lipinski definition) is 1. The monoisotopic (exact) mass is 347 g/mol. The Bertz CT molecular complexity index is 671. The predicted molar refractivity (Wildman–Crippen MR) is 77.2 cm³/mol. The number of methoxy groups -OCH3 is 1. The summed E-state index contributed by atoms with van der Waals surface area (Å²) in [4.78, 5) is 12.3. The highest BCUT2D eigenvalue weighted by Crippen LogP contribution is 2.34. The van der Waals surface area contributed by atoms with Gasteiger partial charge in [-0.25, -0.2) is 0 Å². The Hall–Kier alpha value is -1.99. The molecule has 1 N–H and O–H groups in total. The van der Waals surface area contributed by atoms with Crippen LogP contribution in [0.3, 0.4) is 0 Å². The van der Waals surface area contributed by atoms with E-state index in [4.69, 9.17) is 20.8 Å². The van der Waals surface area contributed by atoms with Gasteiger partial charge in [-0.2, -0.15) is 13.2 Å². The zero-order valence-corrected chi connectivity index (χ0v) is 12.7. The standard InChI is InChI=1S/C15H13ClF3NO3/c1-22-8-12(13-3-2-6-23-13)20-14(21)10-5-4-9(16)7-11(10)15(17,18)19/h2-7,12H,8H2,1H3,(H,20,21)/t12-/m0/s1. The van der Waals surface area contributed by atoms with Gasteiger partial charge >= 0.3 is 6.18 Å². The van der Waals surface area contributed by atoms with Crippen LogP contribution in [0.1, 0.15) is 27.7 Å². The van der Waals surface area contributed by atoms with Crippen molar-refractivity contribution < 1.29 is 27.1 Å². The zero-order chi connectivity index (χ0) is 17.0. The van der Waals surface area contributed by atoms with E-state index in [0.717, 1.165) is 6.07 Å². The number of amides is 1. The number of alkyl halides is 3. The molecule has 0 aliphatic carbocycles. The summed E-state index contributed by atoms with van der Waals surface area (Å²) in [5.41, 5.74) is -1.62. The van der Waals surface area contributed by atoms with E-state index in [2.05, 4.69) is 5.32 Å². The van der Waals surface area contributed by atoms with Gasteiger partial charge in [-0.3, -0.25) is 4.79 Å². The Morgan fingerprint density at radius 2 is 2.13 bits per heavy atom. The molecule has 1 atom stereocenters. The third kappa shape index (κ3) is 4.27. The van der Waals surface area contributed by atoms with E-state index in [9.17, 15) is 18.0 Å². The molecule has 2 rings (SSSR count). The van der Waals surface area contributed by atoms with E-state index < -0.39 is 29.3 Å². The van der Waals surface area contributed by atoms with E-state index in [0.29, 0.717) is 11.8 Å². The first-order chi connectivity index (χ1) is 10.8. The van der Waals surface area contributed by atoms with Crippen LogP contribution in [0, 0.1) is 0 Å². The lowest BCUT2D eigenvalue weighted by Gasteiger charge is -2.18. The molecule has 0 unspecified atom stereocenters. The van der Waals surface area contributed by atoms with Gasteiger partial charge in [0.05, 0.1) is 24.0 Å². The fourth-order valence-electron chi connectivity index (χ4n) is 2.04. The normalized spacial score (nSPS) is 12.9. The summed E-state index contributed by atoms with van der Waals surface area (Å²) in [5.74, 6) is -0.518. The van der Waals surface area contributed by atoms with Crippen molar-refractivity contribution in [1.29, 1.82) is 0 Å². The number of ether oxygens (including phenoxy) is 1. The molecule has 0 aliphatic heterocycles. The summed E-state index contributed by atoms with van der Waals surface area (Å²) in [7, 11) is 1.41. The predicted octanol–water partition coefficient (Wildman–Crippen LogP) is 4.07. The van der Waals surface area contributed by atoms with Crippen LogP contribution in [0.25, 0.3) is 0 Å². The molecule has 0 saturated carbocycles. The molecule has 1 heterocycles. The molecular weight excluding hydrogens is 335 g/mol. The highest BCUT2D eigenvalue weighted by molar-refractivity contribution is 6.30. The van der Waals surface area contributed by atoms with Crippen molar-refractivity contribution in [2.45, 2.75) is 12.2 Å². The fourth-order valence-corrected chi connectivity index (χ4v) is 2.21. The summed E-state index contributed by atoms with van der Waals surface area (Å²) in [6.07, 6.45) is -3.30. The van der Waals surface area contributed by atoms with E-state index in [1.165, 1.54) is 19.4 Å². The molecule has 1 amide bonds. The van der Waals surface area contributed by atoms with Gasteiger partial charge in [-0.05, 0) is 30.3 Å². The van der Waals surface area contributed by atoms with Crippen LogP contribution in [0.5, 0.6) is 0 Å². The lowest BCUT2D eigenvalue weighted by molar-refractivity contribution is -0.137. The summed E-state index contributed by atoms with van der Waals surface area (Å²) in [6, 6.07) is 5.47. The van der Waals surface area contributed by atoms with Gasteiger partial charge < -0.3 is 14.5 Å². The smallest absolute Gasteiger partial charge is 0.417 e. The van der Waals surface area contributed by atoms with Crippen LogP contribution >= 0.6 is 11.6 Å². The summed E-state index contributed by atoms with van der Waals surface area (Å²) in [6.45, 7) is 0.0498. The molecular formula is C15H13ClF3NO3.